The number of pyridine rings is 1. The van der Waals surface area contributed by atoms with E-state index in [2.05, 4.69) is 29.0 Å². The Balaban J connectivity index is 1.71. The van der Waals surface area contributed by atoms with Crippen molar-refractivity contribution in [3.05, 3.63) is 91.1 Å². The molecular formula is C23H18N2O2. The summed E-state index contributed by atoms with van der Waals surface area (Å²) in [5, 5.41) is 2.78. The molecule has 0 aliphatic carbocycles. The molecule has 2 aromatic carbocycles. The van der Waals surface area contributed by atoms with Gasteiger partial charge in [0.1, 0.15) is 11.3 Å². The molecule has 4 rings (SSSR count). The van der Waals surface area contributed by atoms with Crippen molar-refractivity contribution in [2.75, 3.05) is 0 Å². The van der Waals surface area contributed by atoms with Crippen LogP contribution in [0.1, 0.15) is 5.56 Å². The lowest BCUT2D eigenvalue weighted by Crippen LogP contribution is -2.19. The van der Waals surface area contributed by atoms with Gasteiger partial charge in [-0.05, 0) is 29.3 Å². The normalized spacial score (nSPS) is 10.7. The fourth-order valence-corrected chi connectivity index (χ4v) is 3.02. The molecule has 27 heavy (non-hydrogen) atoms. The Labute approximate surface area is 157 Å². The number of benzene rings is 2. The van der Waals surface area contributed by atoms with Crippen molar-refractivity contribution in [1.29, 1.82) is 0 Å². The van der Waals surface area contributed by atoms with Crippen molar-refractivity contribution >= 4 is 17.0 Å². The molecule has 0 aliphatic heterocycles. The van der Waals surface area contributed by atoms with Gasteiger partial charge in [-0.2, -0.15) is 0 Å². The zero-order valence-electron chi connectivity index (χ0n) is 14.7. The number of nitrogens with zero attached hydrogens (tertiary/aromatic N) is 1. The SMILES string of the molecule is C=CC(=O)NCc1cccc(-c2cc3nccc(-c4ccccc4)c3o2)c1. The Hall–Kier alpha value is -3.66. The molecule has 0 radical (unpaired) electrons. The largest absolute Gasteiger partial charge is 0.454 e. The molecule has 2 heterocycles. The first-order chi connectivity index (χ1) is 13.2. The Morgan fingerprint density at radius 3 is 2.67 bits per heavy atom. The smallest absolute Gasteiger partial charge is 0.243 e. The molecule has 4 nitrogen and oxygen atoms in total. The molecule has 0 fully saturated rings. The fourth-order valence-electron chi connectivity index (χ4n) is 3.02. The molecule has 0 saturated heterocycles. The van der Waals surface area contributed by atoms with Gasteiger partial charge in [-0.1, -0.05) is 55.1 Å². The molecule has 4 heteroatoms. The zero-order chi connectivity index (χ0) is 18.6. The summed E-state index contributed by atoms with van der Waals surface area (Å²) in [6.07, 6.45) is 3.06. The number of amides is 1. The van der Waals surface area contributed by atoms with E-state index in [1.165, 1.54) is 6.08 Å². The summed E-state index contributed by atoms with van der Waals surface area (Å²) in [7, 11) is 0. The highest BCUT2D eigenvalue weighted by atomic mass is 16.3. The summed E-state index contributed by atoms with van der Waals surface area (Å²) in [5.41, 5.74) is 5.62. The number of hydrogen-bond donors (Lipinski definition) is 1. The van der Waals surface area contributed by atoms with Crippen LogP contribution in [0.3, 0.4) is 0 Å². The van der Waals surface area contributed by atoms with Crippen LogP contribution in [0.25, 0.3) is 33.6 Å². The van der Waals surface area contributed by atoms with Crippen LogP contribution >= 0.6 is 0 Å². The van der Waals surface area contributed by atoms with Gasteiger partial charge in [0.2, 0.25) is 5.91 Å². The Kier molecular flexibility index (Phi) is 4.54. The summed E-state index contributed by atoms with van der Waals surface area (Å²) in [4.78, 5) is 15.8. The highest BCUT2D eigenvalue weighted by molar-refractivity contribution is 5.92. The van der Waals surface area contributed by atoms with Gasteiger partial charge in [0.25, 0.3) is 0 Å². The number of fused-ring (bicyclic) bond motifs is 1. The average Bonchev–Trinajstić information content (AvgIpc) is 3.17. The molecule has 1 amide bonds. The number of rotatable bonds is 5. The number of hydrogen-bond acceptors (Lipinski definition) is 3. The highest BCUT2D eigenvalue weighted by Crippen LogP contribution is 2.33. The molecule has 0 saturated carbocycles. The predicted molar refractivity (Wildman–Crippen MR) is 107 cm³/mol. The van der Waals surface area contributed by atoms with Crippen molar-refractivity contribution in [2.45, 2.75) is 6.54 Å². The minimum atomic E-state index is -0.194. The molecule has 0 unspecified atom stereocenters. The topological polar surface area (TPSA) is 55.1 Å². The quantitative estimate of drug-likeness (QED) is 0.515. The molecule has 0 aliphatic rings. The van der Waals surface area contributed by atoms with Crippen LogP contribution in [0.4, 0.5) is 0 Å². The number of aromatic nitrogens is 1. The Bertz CT molecular complexity index is 1110. The third-order valence-electron chi connectivity index (χ3n) is 4.36. The van der Waals surface area contributed by atoms with E-state index in [1.807, 2.05) is 54.6 Å². The van der Waals surface area contributed by atoms with Gasteiger partial charge in [0.15, 0.2) is 5.58 Å². The van der Waals surface area contributed by atoms with Crippen LogP contribution in [0, 0.1) is 0 Å². The van der Waals surface area contributed by atoms with Gasteiger partial charge in [-0.15, -0.1) is 0 Å². The van der Waals surface area contributed by atoms with Gasteiger partial charge >= 0.3 is 0 Å². The third-order valence-corrected chi connectivity index (χ3v) is 4.36. The zero-order valence-corrected chi connectivity index (χ0v) is 14.7. The molecule has 0 atom stereocenters. The van der Waals surface area contributed by atoms with E-state index in [1.54, 1.807) is 6.20 Å². The van der Waals surface area contributed by atoms with Crippen LogP contribution in [-0.2, 0) is 11.3 Å². The second kappa shape index (κ2) is 7.30. The molecule has 132 valence electrons. The van der Waals surface area contributed by atoms with Crippen LogP contribution in [0.5, 0.6) is 0 Å². The van der Waals surface area contributed by atoms with E-state index in [0.717, 1.165) is 39.1 Å². The van der Waals surface area contributed by atoms with Crippen LogP contribution in [-0.4, -0.2) is 10.9 Å². The lowest BCUT2D eigenvalue weighted by atomic mass is 10.1. The fraction of sp³-hybridized carbons (Fsp3) is 0.0435. The minimum Gasteiger partial charge on any atom is -0.454 e. The van der Waals surface area contributed by atoms with Crippen molar-refractivity contribution in [2.24, 2.45) is 0 Å². The maximum Gasteiger partial charge on any atom is 0.243 e. The highest BCUT2D eigenvalue weighted by Gasteiger charge is 2.12. The number of nitrogens with one attached hydrogen (secondary N) is 1. The van der Waals surface area contributed by atoms with Gasteiger partial charge < -0.3 is 9.73 Å². The Morgan fingerprint density at radius 2 is 1.85 bits per heavy atom. The van der Waals surface area contributed by atoms with E-state index in [4.69, 9.17) is 4.42 Å². The second-order valence-corrected chi connectivity index (χ2v) is 6.17. The lowest BCUT2D eigenvalue weighted by molar-refractivity contribution is -0.116. The maximum atomic E-state index is 11.4. The summed E-state index contributed by atoms with van der Waals surface area (Å²) in [6.45, 7) is 3.90. The van der Waals surface area contributed by atoms with Crippen LogP contribution in [0.15, 0.2) is 90.0 Å². The summed E-state index contributed by atoms with van der Waals surface area (Å²) < 4.78 is 6.18. The van der Waals surface area contributed by atoms with Crippen LogP contribution < -0.4 is 5.32 Å². The van der Waals surface area contributed by atoms with Crippen molar-refractivity contribution < 1.29 is 9.21 Å². The first-order valence-corrected chi connectivity index (χ1v) is 8.68. The average molecular weight is 354 g/mol. The summed E-state index contributed by atoms with van der Waals surface area (Å²) in [5.74, 6) is 0.554. The van der Waals surface area contributed by atoms with E-state index < -0.39 is 0 Å². The van der Waals surface area contributed by atoms with E-state index in [-0.39, 0.29) is 5.91 Å². The third kappa shape index (κ3) is 3.51. The first kappa shape index (κ1) is 16.8. The molecule has 0 spiro atoms. The van der Waals surface area contributed by atoms with Crippen molar-refractivity contribution in [3.63, 3.8) is 0 Å². The molecule has 2 aromatic heterocycles. The summed E-state index contributed by atoms with van der Waals surface area (Å²) >= 11 is 0. The number of carbonyl (C=O) groups excluding carboxylic acids is 1. The second-order valence-electron chi connectivity index (χ2n) is 6.17. The van der Waals surface area contributed by atoms with E-state index in [9.17, 15) is 4.79 Å². The van der Waals surface area contributed by atoms with E-state index in [0.29, 0.717) is 6.54 Å². The monoisotopic (exact) mass is 354 g/mol. The van der Waals surface area contributed by atoms with Gasteiger partial charge in [0.05, 0.1) is 0 Å². The summed E-state index contributed by atoms with van der Waals surface area (Å²) in [6, 6.07) is 21.9. The van der Waals surface area contributed by atoms with Crippen LogP contribution in [0.2, 0.25) is 0 Å². The van der Waals surface area contributed by atoms with Gasteiger partial charge in [-0.3, -0.25) is 9.78 Å². The van der Waals surface area contributed by atoms with Crippen molar-refractivity contribution in [1.82, 2.24) is 10.3 Å². The van der Waals surface area contributed by atoms with Gasteiger partial charge in [0, 0.05) is 29.9 Å². The van der Waals surface area contributed by atoms with Gasteiger partial charge in [-0.25, -0.2) is 0 Å². The molecule has 4 aromatic rings. The first-order valence-electron chi connectivity index (χ1n) is 8.68. The molecule has 1 N–H and O–H groups in total. The molecule has 0 bridgehead atoms. The minimum absolute atomic E-state index is 0.194. The predicted octanol–water partition coefficient (Wildman–Crippen LogP) is 4.96. The standard InChI is InChI=1S/C23H18N2O2/c1-2-22(26)25-15-16-7-6-10-18(13-16)21-14-20-23(27-21)19(11-12-24-20)17-8-4-3-5-9-17/h2-14H,1,15H2,(H,25,26). The number of furan rings is 1. The lowest BCUT2D eigenvalue weighted by Gasteiger charge is -2.04. The maximum absolute atomic E-state index is 11.4. The molecular weight excluding hydrogens is 336 g/mol. The van der Waals surface area contributed by atoms with Crippen molar-refractivity contribution in [3.8, 4) is 22.5 Å². The number of carbonyl (C=O) groups is 1. The Morgan fingerprint density at radius 1 is 1.04 bits per heavy atom. The van der Waals surface area contributed by atoms with E-state index >= 15 is 0 Å².